The van der Waals surface area contributed by atoms with Crippen molar-refractivity contribution in [2.24, 2.45) is 0 Å². The fourth-order valence-corrected chi connectivity index (χ4v) is 2.49. The standard InChI is InChI=1S/C14H16ClNO2/c1-3-4-8-16-13-10(11(9-17)14(16)15)6-5-7-12(13)18-2/h5-7,9H,3-4,8H2,1-2H3. The molecule has 0 aliphatic heterocycles. The quantitative estimate of drug-likeness (QED) is 0.768. The summed E-state index contributed by atoms with van der Waals surface area (Å²) >= 11 is 6.29. The lowest BCUT2D eigenvalue weighted by molar-refractivity contribution is 0.112. The molecule has 0 unspecified atom stereocenters. The van der Waals surface area contributed by atoms with Gasteiger partial charge in [-0.3, -0.25) is 4.79 Å². The molecule has 96 valence electrons. The van der Waals surface area contributed by atoms with Gasteiger partial charge in [0.15, 0.2) is 6.29 Å². The van der Waals surface area contributed by atoms with Gasteiger partial charge in [0.1, 0.15) is 10.9 Å². The third-order valence-corrected chi connectivity index (χ3v) is 3.50. The molecule has 1 aromatic carbocycles. The molecule has 4 heteroatoms. The number of para-hydroxylation sites is 1. The molecule has 0 N–H and O–H groups in total. The van der Waals surface area contributed by atoms with Gasteiger partial charge in [-0.25, -0.2) is 0 Å². The van der Waals surface area contributed by atoms with E-state index in [9.17, 15) is 4.79 Å². The predicted octanol–water partition coefficient (Wildman–Crippen LogP) is 3.92. The van der Waals surface area contributed by atoms with Crippen molar-refractivity contribution in [3.8, 4) is 5.75 Å². The first-order chi connectivity index (χ1) is 8.74. The number of nitrogens with zero attached hydrogens (tertiary/aromatic N) is 1. The second-order valence-corrected chi connectivity index (χ2v) is 4.54. The van der Waals surface area contributed by atoms with E-state index < -0.39 is 0 Å². The van der Waals surface area contributed by atoms with Gasteiger partial charge >= 0.3 is 0 Å². The molecule has 1 heterocycles. The minimum atomic E-state index is 0.498. The van der Waals surface area contributed by atoms with Crippen LogP contribution in [0.25, 0.3) is 10.9 Å². The molecule has 0 spiro atoms. The van der Waals surface area contributed by atoms with Crippen molar-refractivity contribution >= 4 is 28.8 Å². The highest BCUT2D eigenvalue weighted by molar-refractivity contribution is 6.34. The highest BCUT2D eigenvalue weighted by atomic mass is 35.5. The maximum Gasteiger partial charge on any atom is 0.153 e. The summed E-state index contributed by atoms with van der Waals surface area (Å²) in [5.41, 5.74) is 1.45. The summed E-state index contributed by atoms with van der Waals surface area (Å²) in [5, 5.41) is 1.35. The number of unbranched alkanes of at least 4 members (excludes halogenated alkanes) is 1. The maximum atomic E-state index is 11.2. The molecule has 0 saturated carbocycles. The largest absolute Gasteiger partial charge is 0.495 e. The van der Waals surface area contributed by atoms with Crippen LogP contribution in [0, 0.1) is 0 Å². The molecule has 2 aromatic rings. The van der Waals surface area contributed by atoms with Crippen LogP contribution in [-0.2, 0) is 6.54 Å². The summed E-state index contributed by atoms with van der Waals surface area (Å²) in [6.07, 6.45) is 2.90. The van der Waals surface area contributed by atoms with Gasteiger partial charge in [0, 0.05) is 11.9 Å². The molecule has 0 amide bonds. The first-order valence-electron chi connectivity index (χ1n) is 6.04. The summed E-state index contributed by atoms with van der Waals surface area (Å²) in [4.78, 5) is 11.2. The maximum absolute atomic E-state index is 11.2. The number of aromatic nitrogens is 1. The zero-order valence-corrected chi connectivity index (χ0v) is 11.3. The number of hydrogen-bond donors (Lipinski definition) is 0. The van der Waals surface area contributed by atoms with E-state index in [2.05, 4.69) is 6.92 Å². The molecular weight excluding hydrogens is 250 g/mol. The van der Waals surface area contributed by atoms with Gasteiger partial charge in [-0.15, -0.1) is 0 Å². The number of ether oxygens (including phenoxy) is 1. The van der Waals surface area contributed by atoms with Crippen molar-refractivity contribution in [1.29, 1.82) is 0 Å². The summed E-state index contributed by atoms with van der Waals surface area (Å²) in [7, 11) is 1.63. The summed E-state index contributed by atoms with van der Waals surface area (Å²) < 4.78 is 7.33. The predicted molar refractivity (Wildman–Crippen MR) is 73.8 cm³/mol. The van der Waals surface area contributed by atoms with Crippen LogP contribution in [0.2, 0.25) is 5.15 Å². The smallest absolute Gasteiger partial charge is 0.153 e. The third kappa shape index (κ3) is 1.99. The van der Waals surface area contributed by atoms with Gasteiger partial charge in [-0.05, 0) is 12.5 Å². The van der Waals surface area contributed by atoms with E-state index in [1.165, 1.54) is 0 Å². The Balaban J connectivity index is 2.73. The Morgan fingerprint density at radius 3 is 2.83 bits per heavy atom. The van der Waals surface area contributed by atoms with Crippen LogP contribution in [0.4, 0.5) is 0 Å². The van der Waals surface area contributed by atoms with Crippen LogP contribution < -0.4 is 4.74 Å². The summed E-state index contributed by atoms with van der Waals surface area (Å²) in [6.45, 7) is 2.91. The molecule has 18 heavy (non-hydrogen) atoms. The molecule has 0 atom stereocenters. The number of aldehydes is 1. The van der Waals surface area contributed by atoms with Gasteiger partial charge in [0.25, 0.3) is 0 Å². The molecule has 0 radical (unpaired) electrons. The van der Waals surface area contributed by atoms with Crippen molar-refractivity contribution in [2.75, 3.05) is 7.11 Å². The first-order valence-corrected chi connectivity index (χ1v) is 6.42. The van der Waals surface area contributed by atoms with Crippen molar-refractivity contribution in [3.63, 3.8) is 0 Å². The first kappa shape index (κ1) is 13.0. The number of halogens is 1. The van der Waals surface area contributed by atoms with Crippen molar-refractivity contribution < 1.29 is 9.53 Å². The minimum Gasteiger partial charge on any atom is -0.495 e. The normalized spacial score (nSPS) is 10.8. The van der Waals surface area contributed by atoms with E-state index >= 15 is 0 Å². The fourth-order valence-electron chi connectivity index (χ4n) is 2.18. The lowest BCUT2D eigenvalue weighted by Crippen LogP contribution is -1.99. The Kier molecular flexibility index (Phi) is 3.92. The molecule has 0 saturated heterocycles. The lowest BCUT2D eigenvalue weighted by atomic mass is 10.2. The van der Waals surface area contributed by atoms with Gasteiger partial charge in [0.2, 0.25) is 0 Å². The molecule has 0 aliphatic carbocycles. The summed E-state index contributed by atoms with van der Waals surface area (Å²) in [5.74, 6) is 0.749. The van der Waals surface area contributed by atoms with E-state index in [0.29, 0.717) is 10.7 Å². The average Bonchev–Trinajstić information content (AvgIpc) is 2.67. The Hall–Kier alpha value is -1.48. The molecule has 3 nitrogen and oxygen atoms in total. The molecule has 0 fully saturated rings. The Labute approximate surface area is 111 Å². The van der Waals surface area contributed by atoms with Gasteiger partial charge in [-0.2, -0.15) is 0 Å². The molecule has 2 rings (SSSR count). The molecular formula is C14H16ClNO2. The number of fused-ring (bicyclic) bond motifs is 1. The topological polar surface area (TPSA) is 31.2 Å². The third-order valence-electron chi connectivity index (χ3n) is 3.09. The van der Waals surface area contributed by atoms with Crippen LogP contribution in [-0.4, -0.2) is 18.0 Å². The Morgan fingerprint density at radius 1 is 1.44 bits per heavy atom. The molecule has 0 aliphatic rings. The Bertz CT molecular complexity index is 575. The number of carbonyl (C=O) groups excluding carboxylic acids is 1. The molecule has 0 bridgehead atoms. The van der Waals surface area contributed by atoms with E-state index in [1.54, 1.807) is 7.11 Å². The zero-order chi connectivity index (χ0) is 13.1. The summed E-state index contributed by atoms with van der Waals surface area (Å²) in [6, 6.07) is 5.65. The van der Waals surface area contributed by atoms with Gasteiger partial charge < -0.3 is 9.30 Å². The van der Waals surface area contributed by atoms with Crippen LogP contribution in [0.15, 0.2) is 18.2 Å². The van der Waals surface area contributed by atoms with Crippen LogP contribution in [0.5, 0.6) is 5.75 Å². The highest BCUT2D eigenvalue weighted by Gasteiger charge is 2.17. The van der Waals surface area contributed by atoms with Crippen molar-refractivity contribution in [1.82, 2.24) is 4.57 Å². The average molecular weight is 266 g/mol. The highest BCUT2D eigenvalue weighted by Crippen LogP contribution is 2.34. The van der Waals surface area contributed by atoms with E-state index in [1.807, 2.05) is 22.8 Å². The number of methoxy groups -OCH3 is 1. The SMILES string of the molecule is CCCCn1c(Cl)c(C=O)c2cccc(OC)c21. The van der Waals surface area contributed by atoms with Gasteiger partial charge in [-0.1, -0.05) is 37.1 Å². The van der Waals surface area contributed by atoms with Crippen LogP contribution in [0.1, 0.15) is 30.1 Å². The fraction of sp³-hybridized carbons (Fsp3) is 0.357. The second-order valence-electron chi connectivity index (χ2n) is 4.18. The Morgan fingerprint density at radius 2 is 2.22 bits per heavy atom. The van der Waals surface area contributed by atoms with Gasteiger partial charge in [0.05, 0.1) is 18.2 Å². The lowest BCUT2D eigenvalue weighted by Gasteiger charge is -2.09. The van der Waals surface area contributed by atoms with E-state index in [-0.39, 0.29) is 0 Å². The second kappa shape index (κ2) is 5.44. The van der Waals surface area contributed by atoms with Crippen molar-refractivity contribution in [2.45, 2.75) is 26.3 Å². The van der Waals surface area contributed by atoms with Crippen LogP contribution in [0.3, 0.4) is 0 Å². The number of aryl methyl sites for hydroxylation is 1. The number of rotatable bonds is 5. The molecule has 1 aromatic heterocycles. The zero-order valence-electron chi connectivity index (χ0n) is 10.6. The van der Waals surface area contributed by atoms with Crippen LogP contribution >= 0.6 is 11.6 Å². The number of carbonyl (C=O) groups is 1. The monoisotopic (exact) mass is 265 g/mol. The number of benzene rings is 1. The van der Waals surface area contributed by atoms with E-state index in [4.69, 9.17) is 16.3 Å². The minimum absolute atomic E-state index is 0.498. The number of hydrogen-bond acceptors (Lipinski definition) is 2. The van der Waals surface area contributed by atoms with E-state index in [0.717, 1.165) is 42.3 Å². The van der Waals surface area contributed by atoms with Crippen molar-refractivity contribution in [3.05, 3.63) is 28.9 Å².